The van der Waals surface area contributed by atoms with Crippen molar-refractivity contribution in [1.29, 1.82) is 5.41 Å². The van der Waals surface area contributed by atoms with Crippen molar-refractivity contribution in [2.75, 3.05) is 6.61 Å². The van der Waals surface area contributed by atoms with Gasteiger partial charge in [-0.3, -0.25) is 0 Å². The molecular formula is C28H28ClNO3. The van der Waals surface area contributed by atoms with Crippen LogP contribution in [0.4, 0.5) is 0 Å². The highest BCUT2D eigenvalue weighted by Crippen LogP contribution is 2.55. The molecule has 1 fully saturated rings. The van der Waals surface area contributed by atoms with Crippen molar-refractivity contribution < 1.29 is 14.6 Å². The molecule has 0 saturated heterocycles. The van der Waals surface area contributed by atoms with Gasteiger partial charge in [0.15, 0.2) is 0 Å². The van der Waals surface area contributed by atoms with Crippen LogP contribution in [0.15, 0.2) is 60.7 Å². The van der Waals surface area contributed by atoms with Crippen LogP contribution in [0.25, 0.3) is 0 Å². The van der Waals surface area contributed by atoms with Gasteiger partial charge in [-0.25, -0.2) is 4.79 Å². The molecule has 170 valence electrons. The quantitative estimate of drug-likeness (QED) is 0.354. The molecule has 0 bridgehead atoms. The summed E-state index contributed by atoms with van der Waals surface area (Å²) in [6.45, 7) is 6.43. The standard InChI is InChI=1S/C28H28ClNO3/c1-16-6-4-9-25(29)26(16)27(30)18(3)15-33-21-10-11-22(17(2)12-21)24-14-23(24)19-7-5-8-20(13-19)28(31)32/h4-13,18,23-24,30H,14-15H2,1-3H3,(H,31,32). The molecule has 3 unspecified atom stereocenters. The van der Waals surface area contributed by atoms with Gasteiger partial charge >= 0.3 is 5.97 Å². The number of carbonyl (C=O) groups is 1. The van der Waals surface area contributed by atoms with Crippen LogP contribution in [0.3, 0.4) is 0 Å². The lowest BCUT2D eigenvalue weighted by Gasteiger charge is -2.18. The van der Waals surface area contributed by atoms with E-state index in [2.05, 4.69) is 19.1 Å². The summed E-state index contributed by atoms with van der Waals surface area (Å²) in [6, 6.07) is 19.1. The molecule has 4 nitrogen and oxygen atoms in total. The minimum atomic E-state index is -0.890. The Bertz CT molecular complexity index is 1200. The minimum absolute atomic E-state index is 0.0992. The van der Waals surface area contributed by atoms with Crippen LogP contribution in [0, 0.1) is 25.2 Å². The molecule has 1 saturated carbocycles. The van der Waals surface area contributed by atoms with E-state index in [4.69, 9.17) is 21.7 Å². The fourth-order valence-corrected chi connectivity index (χ4v) is 4.81. The molecule has 3 aromatic rings. The van der Waals surface area contributed by atoms with Crippen LogP contribution in [0.5, 0.6) is 5.75 Å². The fourth-order valence-electron chi connectivity index (χ4n) is 4.49. The van der Waals surface area contributed by atoms with Gasteiger partial charge in [0.25, 0.3) is 0 Å². The van der Waals surface area contributed by atoms with E-state index in [1.54, 1.807) is 12.1 Å². The number of aryl methyl sites for hydroxylation is 2. The number of rotatable bonds is 8. The molecule has 1 aliphatic carbocycles. The van der Waals surface area contributed by atoms with Crippen LogP contribution in [0.2, 0.25) is 5.02 Å². The second-order valence-electron chi connectivity index (χ2n) is 8.96. The summed E-state index contributed by atoms with van der Waals surface area (Å²) in [6.07, 6.45) is 1.02. The van der Waals surface area contributed by atoms with Crippen molar-refractivity contribution >= 4 is 23.3 Å². The maximum Gasteiger partial charge on any atom is 0.335 e. The summed E-state index contributed by atoms with van der Waals surface area (Å²) in [5.41, 5.74) is 6.13. The summed E-state index contributed by atoms with van der Waals surface area (Å²) in [7, 11) is 0. The SMILES string of the molecule is Cc1cc(OCC(C)C(=N)c2c(C)cccc2Cl)ccc1C1CC1c1cccc(C(=O)O)c1. The highest BCUT2D eigenvalue weighted by Gasteiger charge is 2.40. The third-order valence-electron chi connectivity index (χ3n) is 6.48. The van der Waals surface area contributed by atoms with E-state index in [1.807, 2.05) is 50.2 Å². The topological polar surface area (TPSA) is 70.4 Å². The van der Waals surface area contributed by atoms with Crippen molar-refractivity contribution in [2.24, 2.45) is 5.92 Å². The normalized spacial score (nSPS) is 17.9. The lowest BCUT2D eigenvalue weighted by atomic mass is 9.95. The van der Waals surface area contributed by atoms with E-state index in [1.165, 1.54) is 11.1 Å². The second-order valence-corrected chi connectivity index (χ2v) is 9.36. The van der Waals surface area contributed by atoms with Crippen LogP contribution in [-0.2, 0) is 0 Å². The number of aromatic carboxylic acids is 1. The zero-order chi connectivity index (χ0) is 23.7. The third kappa shape index (κ3) is 4.96. The highest BCUT2D eigenvalue weighted by atomic mass is 35.5. The van der Waals surface area contributed by atoms with Gasteiger partial charge in [-0.2, -0.15) is 0 Å². The van der Waals surface area contributed by atoms with Crippen molar-refractivity contribution in [3.05, 3.63) is 99.1 Å². The lowest BCUT2D eigenvalue weighted by molar-refractivity contribution is 0.0696. The molecule has 3 atom stereocenters. The van der Waals surface area contributed by atoms with E-state index >= 15 is 0 Å². The van der Waals surface area contributed by atoms with Crippen LogP contribution in [-0.4, -0.2) is 23.4 Å². The molecule has 0 aromatic heterocycles. The maximum atomic E-state index is 11.3. The molecular weight excluding hydrogens is 434 g/mol. The van der Waals surface area contributed by atoms with E-state index in [9.17, 15) is 9.90 Å². The van der Waals surface area contributed by atoms with Gasteiger partial charge in [0.2, 0.25) is 0 Å². The lowest BCUT2D eigenvalue weighted by Crippen LogP contribution is -2.20. The number of hydrogen-bond donors (Lipinski definition) is 2. The fraction of sp³-hybridized carbons (Fsp3) is 0.286. The molecule has 1 aliphatic rings. The Labute approximate surface area is 199 Å². The average molecular weight is 462 g/mol. The number of nitrogens with one attached hydrogen (secondary N) is 1. The van der Waals surface area contributed by atoms with Crippen LogP contribution in [0.1, 0.15) is 63.4 Å². The second kappa shape index (κ2) is 9.40. The van der Waals surface area contributed by atoms with Crippen molar-refractivity contribution in [3.8, 4) is 5.75 Å². The molecule has 33 heavy (non-hydrogen) atoms. The number of halogens is 1. The number of hydrogen-bond acceptors (Lipinski definition) is 3. The van der Waals surface area contributed by atoms with Crippen molar-refractivity contribution in [1.82, 2.24) is 0 Å². The average Bonchev–Trinajstić information content (AvgIpc) is 3.58. The molecule has 2 N–H and O–H groups in total. The predicted octanol–water partition coefficient (Wildman–Crippen LogP) is 7.01. The van der Waals surface area contributed by atoms with E-state index < -0.39 is 5.97 Å². The summed E-state index contributed by atoms with van der Waals surface area (Å²) in [4.78, 5) is 11.3. The van der Waals surface area contributed by atoms with E-state index in [-0.39, 0.29) is 5.92 Å². The maximum absolute atomic E-state index is 11.3. The first-order chi connectivity index (χ1) is 15.8. The van der Waals surface area contributed by atoms with Gasteiger partial charge in [0.1, 0.15) is 5.75 Å². The molecule has 4 rings (SSSR count). The van der Waals surface area contributed by atoms with Crippen molar-refractivity contribution in [3.63, 3.8) is 0 Å². The predicted molar refractivity (Wildman–Crippen MR) is 132 cm³/mol. The number of ether oxygens (including phenoxy) is 1. The summed E-state index contributed by atoms with van der Waals surface area (Å²) >= 11 is 6.33. The molecule has 3 aromatic carbocycles. The first kappa shape index (κ1) is 23.1. The van der Waals surface area contributed by atoms with Gasteiger partial charge in [0.05, 0.1) is 12.2 Å². The summed E-state index contributed by atoms with van der Waals surface area (Å²) in [5.74, 6) is 0.556. The first-order valence-corrected chi connectivity index (χ1v) is 11.5. The first-order valence-electron chi connectivity index (χ1n) is 11.2. The summed E-state index contributed by atoms with van der Waals surface area (Å²) < 4.78 is 6.03. The largest absolute Gasteiger partial charge is 0.493 e. The smallest absolute Gasteiger partial charge is 0.335 e. The molecule has 0 heterocycles. The number of benzene rings is 3. The van der Waals surface area contributed by atoms with E-state index in [0.29, 0.717) is 34.7 Å². The minimum Gasteiger partial charge on any atom is -0.493 e. The van der Waals surface area contributed by atoms with E-state index in [0.717, 1.165) is 28.9 Å². The zero-order valence-electron chi connectivity index (χ0n) is 19.1. The van der Waals surface area contributed by atoms with Gasteiger partial charge < -0.3 is 15.3 Å². The monoisotopic (exact) mass is 461 g/mol. The highest BCUT2D eigenvalue weighted by molar-refractivity contribution is 6.34. The van der Waals surface area contributed by atoms with Gasteiger partial charge in [-0.05, 0) is 84.7 Å². The molecule has 0 spiro atoms. The van der Waals surface area contributed by atoms with Crippen LogP contribution >= 0.6 is 11.6 Å². The van der Waals surface area contributed by atoms with Gasteiger partial charge in [-0.1, -0.05) is 48.9 Å². The summed E-state index contributed by atoms with van der Waals surface area (Å²) in [5, 5.41) is 18.4. The Hall–Kier alpha value is -3.11. The Balaban J connectivity index is 1.40. The van der Waals surface area contributed by atoms with Crippen LogP contribution < -0.4 is 4.74 Å². The Kier molecular flexibility index (Phi) is 6.57. The molecule has 0 radical (unpaired) electrons. The third-order valence-corrected chi connectivity index (χ3v) is 6.79. The van der Waals surface area contributed by atoms with Crippen molar-refractivity contribution in [2.45, 2.75) is 39.0 Å². The number of carboxylic acids is 1. The van der Waals surface area contributed by atoms with Gasteiger partial charge in [0, 0.05) is 22.2 Å². The zero-order valence-corrected chi connectivity index (χ0v) is 19.8. The molecule has 0 aliphatic heterocycles. The number of carboxylic acid groups (broad SMARTS) is 1. The van der Waals surface area contributed by atoms with Gasteiger partial charge in [-0.15, -0.1) is 0 Å². The Morgan fingerprint density at radius 1 is 1.09 bits per heavy atom. The Morgan fingerprint density at radius 3 is 2.55 bits per heavy atom. The molecule has 0 amide bonds. The Morgan fingerprint density at radius 2 is 1.85 bits per heavy atom. The molecule has 5 heteroatoms.